The molecule has 2 aromatic heterocycles. The van der Waals surface area contributed by atoms with Gasteiger partial charge in [0, 0.05) is 17.8 Å². The second kappa shape index (κ2) is 5.06. The maximum Gasteiger partial charge on any atom is 0.279 e. The average molecular weight is 304 g/mol. The number of methoxy groups -OCH3 is 1. The van der Waals surface area contributed by atoms with Gasteiger partial charge in [-0.15, -0.1) is 0 Å². The Labute approximate surface area is 123 Å². The number of hydrogen-bond donors (Lipinski definition) is 2. The molecule has 8 heteroatoms. The summed E-state index contributed by atoms with van der Waals surface area (Å²) in [4.78, 5) is 16.3. The zero-order valence-corrected chi connectivity index (χ0v) is 12.2. The molecular weight excluding hydrogens is 292 g/mol. The van der Waals surface area contributed by atoms with Gasteiger partial charge in [0.2, 0.25) is 0 Å². The number of nitrogens with zero attached hydrogens (tertiary/aromatic N) is 2. The number of thiazole rings is 1. The number of benzene rings is 1. The molecule has 3 rings (SSSR count). The van der Waals surface area contributed by atoms with Crippen molar-refractivity contribution in [3.8, 4) is 5.75 Å². The number of nitrogens with one attached hydrogen (secondary N) is 1. The average Bonchev–Trinajstić information content (AvgIpc) is 3.03. The number of rotatable bonds is 3. The summed E-state index contributed by atoms with van der Waals surface area (Å²) in [5.41, 5.74) is 7.23. The second-order valence-electron chi connectivity index (χ2n) is 4.37. The summed E-state index contributed by atoms with van der Waals surface area (Å²) in [5.74, 6) is 0.760. The Morgan fingerprint density at radius 2 is 2.24 bits per heavy atom. The number of amides is 1. The monoisotopic (exact) mass is 304 g/mol. The van der Waals surface area contributed by atoms with Gasteiger partial charge in [0.1, 0.15) is 17.0 Å². The maximum atomic E-state index is 12.0. The lowest BCUT2D eigenvalue weighted by Crippen LogP contribution is -2.11. The number of aromatic nitrogens is 2. The van der Waals surface area contributed by atoms with E-state index < -0.39 is 0 Å². The molecule has 3 N–H and O–H groups in total. The summed E-state index contributed by atoms with van der Waals surface area (Å²) in [6.07, 6.45) is 0. The fourth-order valence-corrected chi connectivity index (χ4v) is 2.79. The first kappa shape index (κ1) is 13.4. The van der Waals surface area contributed by atoms with E-state index in [0.717, 1.165) is 4.70 Å². The first-order valence-electron chi connectivity index (χ1n) is 6.05. The van der Waals surface area contributed by atoms with Crippen LogP contribution < -0.4 is 15.8 Å². The van der Waals surface area contributed by atoms with Crippen LogP contribution in [0, 0.1) is 6.92 Å². The van der Waals surface area contributed by atoms with Crippen LogP contribution in [0.3, 0.4) is 0 Å². The van der Waals surface area contributed by atoms with E-state index in [1.807, 2.05) is 0 Å². The highest BCUT2D eigenvalue weighted by Gasteiger charge is 2.15. The molecule has 0 unspecified atom stereocenters. The largest absolute Gasteiger partial charge is 0.494 e. The molecule has 1 aromatic carbocycles. The van der Waals surface area contributed by atoms with E-state index in [-0.39, 0.29) is 11.6 Å². The minimum absolute atomic E-state index is 0.207. The molecule has 0 aliphatic rings. The molecule has 21 heavy (non-hydrogen) atoms. The van der Waals surface area contributed by atoms with Crippen LogP contribution in [-0.4, -0.2) is 23.2 Å². The standard InChI is InChI=1S/C13H12N4O3S/c1-6-3-8(17-20-6)12(18)16-13-15-11-9(19-2)4-7(14)5-10(11)21-13/h3-5H,14H2,1-2H3,(H,15,16,18). The Morgan fingerprint density at radius 3 is 2.90 bits per heavy atom. The van der Waals surface area contributed by atoms with Gasteiger partial charge in [-0.1, -0.05) is 16.5 Å². The predicted molar refractivity (Wildman–Crippen MR) is 79.8 cm³/mol. The van der Waals surface area contributed by atoms with Crippen molar-refractivity contribution < 1.29 is 14.1 Å². The Balaban J connectivity index is 1.93. The van der Waals surface area contributed by atoms with Gasteiger partial charge < -0.3 is 15.0 Å². The third kappa shape index (κ3) is 2.52. The lowest BCUT2D eigenvalue weighted by atomic mass is 10.3. The highest BCUT2D eigenvalue weighted by molar-refractivity contribution is 7.22. The fraction of sp³-hybridized carbons (Fsp3) is 0.154. The molecular formula is C13H12N4O3S. The van der Waals surface area contributed by atoms with Crippen molar-refractivity contribution in [1.82, 2.24) is 10.1 Å². The van der Waals surface area contributed by atoms with Crippen LogP contribution in [0.4, 0.5) is 10.8 Å². The first-order chi connectivity index (χ1) is 10.1. The number of carbonyl (C=O) groups excluding carboxylic acids is 1. The van der Waals surface area contributed by atoms with E-state index >= 15 is 0 Å². The van der Waals surface area contributed by atoms with E-state index in [2.05, 4.69) is 15.5 Å². The van der Waals surface area contributed by atoms with E-state index in [0.29, 0.717) is 27.8 Å². The zero-order valence-electron chi connectivity index (χ0n) is 11.3. The highest BCUT2D eigenvalue weighted by atomic mass is 32.1. The van der Waals surface area contributed by atoms with Crippen LogP contribution in [0.2, 0.25) is 0 Å². The number of aryl methyl sites for hydroxylation is 1. The Hall–Kier alpha value is -2.61. The van der Waals surface area contributed by atoms with Crippen molar-refractivity contribution in [2.45, 2.75) is 6.92 Å². The van der Waals surface area contributed by atoms with Gasteiger partial charge in [-0.3, -0.25) is 10.1 Å². The van der Waals surface area contributed by atoms with Crippen molar-refractivity contribution in [3.05, 3.63) is 29.7 Å². The first-order valence-corrected chi connectivity index (χ1v) is 6.87. The zero-order chi connectivity index (χ0) is 15.0. The minimum Gasteiger partial charge on any atom is -0.494 e. The summed E-state index contributed by atoms with van der Waals surface area (Å²) in [6.45, 7) is 1.72. The molecule has 0 saturated carbocycles. The van der Waals surface area contributed by atoms with Crippen LogP contribution >= 0.6 is 11.3 Å². The van der Waals surface area contributed by atoms with E-state index in [1.54, 1.807) is 32.2 Å². The molecule has 108 valence electrons. The van der Waals surface area contributed by atoms with Crippen molar-refractivity contribution in [2.24, 2.45) is 0 Å². The third-order valence-corrected chi connectivity index (χ3v) is 3.70. The van der Waals surface area contributed by atoms with E-state index in [1.165, 1.54) is 11.3 Å². The quantitative estimate of drug-likeness (QED) is 0.720. The summed E-state index contributed by atoms with van der Waals surface area (Å²) >= 11 is 1.31. The van der Waals surface area contributed by atoms with Gasteiger partial charge in [0.15, 0.2) is 10.8 Å². The third-order valence-electron chi connectivity index (χ3n) is 2.78. The van der Waals surface area contributed by atoms with Crippen molar-refractivity contribution in [2.75, 3.05) is 18.2 Å². The van der Waals surface area contributed by atoms with Crippen LogP contribution in [0.1, 0.15) is 16.2 Å². The lowest BCUT2D eigenvalue weighted by molar-refractivity contribution is 0.101. The van der Waals surface area contributed by atoms with Gasteiger partial charge in [-0.25, -0.2) is 4.98 Å². The molecule has 0 bridgehead atoms. The van der Waals surface area contributed by atoms with Gasteiger partial charge in [0.25, 0.3) is 5.91 Å². The normalized spacial score (nSPS) is 10.8. The SMILES string of the molecule is COc1cc(N)cc2sc(NC(=O)c3cc(C)on3)nc12. The van der Waals surface area contributed by atoms with Crippen LogP contribution in [0.15, 0.2) is 22.7 Å². The summed E-state index contributed by atoms with van der Waals surface area (Å²) in [6, 6.07) is 5.03. The molecule has 7 nitrogen and oxygen atoms in total. The fourth-order valence-electron chi connectivity index (χ4n) is 1.86. The van der Waals surface area contributed by atoms with Crippen LogP contribution in [-0.2, 0) is 0 Å². The molecule has 1 amide bonds. The van der Waals surface area contributed by atoms with E-state index in [9.17, 15) is 4.79 Å². The number of carbonyl (C=O) groups is 1. The van der Waals surface area contributed by atoms with Crippen molar-refractivity contribution in [3.63, 3.8) is 0 Å². The lowest BCUT2D eigenvalue weighted by Gasteiger charge is -2.01. The second-order valence-corrected chi connectivity index (χ2v) is 5.40. The summed E-state index contributed by atoms with van der Waals surface area (Å²) in [5, 5.41) is 6.78. The number of fused-ring (bicyclic) bond motifs is 1. The summed E-state index contributed by atoms with van der Waals surface area (Å²) < 4.78 is 10.9. The number of nitrogens with two attached hydrogens (primary N) is 1. The smallest absolute Gasteiger partial charge is 0.279 e. The molecule has 2 heterocycles. The van der Waals surface area contributed by atoms with Crippen molar-refractivity contribution >= 4 is 38.3 Å². The molecule has 0 saturated heterocycles. The predicted octanol–water partition coefficient (Wildman–Crippen LogP) is 2.44. The van der Waals surface area contributed by atoms with Crippen LogP contribution in [0.5, 0.6) is 5.75 Å². The number of hydrogen-bond acceptors (Lipinski definition) is 7. The Morgan fingerprint density at radius 1 is 1.43 bits per heavy atom. The number of nitrogen functional groups attached to an aromatic ring is 1. The molecule has 0 radical (unpaired) electrons. The van der Waals surface area contributed by atoms with Gasteiger partial charge >= 0.3 is 0 Å². The van der Waals surface area contributed by atoms with Gasteiger partial charge in [0.05, 0.1) is 11.8 Å². The number of anilines is 2. The Kier molecular flexibility index (Phi) is 3.22. The van der Waals surface area contributed by atoms with E-state index in [4.69, 9.17) is 15.0 Å². The van der Waals surface area contributed by atoms with Gasteiger partial charge in [-0.2, -0.15) is 0 Å². The van der Waals surface area contributed by atoms with Gasteiger partial charge in [-0.05, 0) is 13.0 Å². The minimum atomic E-state index is -0.377. The number of ether oxygens (including phenoxy) is 1. The highest BCUT2D eigenvalue weighted by Crippen LogP contribution is 2.34. The van der Waals surface area contributed by atoms with Crippen LogP contribution in [0.25, 0.3) is 10.2 Å². The molecule has 0 atom stereocenters. The molecule has 0 fully saturated rings. The molecule has 0 aliphatic heterocycles. The maximum absolute atomic E-state index is 12.0. The molecule has 3 aromatic rings. The summed E-state index contributed by atoms with van der Waals surface area (Å²) in [7, 11) is 1.55. The van der Waals surface area contributed by atoms with Crippen molar-refractivity contribution in [1.29, 1.82) is 0 Å². The molecule has 0 aliphatic carbocycles. The molecule has 0 spiro atoms. The topological polar surface area (TPSA) is 103 Å². The Bertz CT molecular complexity index is 824.